The van der Waals surface area contributed by atoms with Crippen LogP contribution in [0.25, 0.3) is 0 Å². The third-order valence-electron chi connectivity index (χ3n) is 3.53. The molecule has 1 heterocycles. The zero-order valence-electron chi connectivity index (χ0n) is 13.8. The number of benzene rings is 1. The summed E-state index contributed by atoms with van der Waals surface area (Å²) in [5.41, 5.74) is 0.609. The van der Waals surface area contributed by atoms with Gasteiger partial charge in [-0.15, -0.1) is 11.8 Å². The predicted molar refractivity (Wildman–Crippen MR) is 87.6 cm³/mol. The fourth-order valence-corrected chi connectivity index (χ4v) is 4.18. The second-order valence-electron chi connectivity index (χ2n) is 5.87. The Hall–Kier alpha value is -2.22. The number of hydrogen-bond donors (Lipinski definition) is 1. The fraction of sp³-hybridized carbons (Fsp3) is 0.438. The largest absolute Gasteiger partial charge is 0.507 e. The quantitative estimate of drug-likeness (QED) is 0.659. The first-order valence-electron chi connectivity index (χ1n) is 7.27. The minimum Gasteiger partial charge on any atom is -0.450 e. The number of rotatable bonds is 3. The summed E-state index contributed by atoms with van der Waals surface area (Å²) in [5.74, 6) is -0.472. The monoisotopic (exact) mass is 353 g/mol. The highest BCUT2D eigenvalue weighted by Gasteiger charge is 2.52. The Morgan fingerprint density at radius 2 is 1.83 bits per heavy atom. The number of carbonyl (C=O) groups excluding carboxylic acids is 2. The molecule has 8 heteroatoms. The van der Waals surface area contributed by atoms with Gasteiger partial charge in [0.2, 0.25) is 5.91 Å². The Morgan fingerprint density at radius 3 is 2.38 bits per heavy atom. The third kappa shape index (κ3) is 3.64. The zero-order valence-corrected chi connectivity index (χ0v) is 14.6. The Morgan fingerprint density at radius 1 is 1.21 bits per heavy atom. The normalized spacial score (nSPS) is 22.1. The van der Waals surface area contributed by atoms with Gasteiger partial charge in [-0.05, 0) is 19.9 Å². The van der Waals surface area contributed by atoms with Crippen molar-refractivity contribution in [3.8, 4) is 5.75 Å². The van der Waals surface area contributed by atoms with Crippen LogP contribution in [0.1, 0.15) is 38.6 Å². The van der Waals surface area contributed by atoms with Gasteiger partial charge in [-0.25, -0.2) is 4.79 Å². The topological polar surface area (TPSA) is 93.1 Å². The van der Waals surface area contributed by atoms with Crippen LogP contribution in [0.4, 0.5) is 4.79 Å². The lowest BCUT2D eigenvalue weighted by molar-refractivity contribution is -0.141. The van der Waals surface area contributed by atoms with E-state index in [9.17, 15) is 14.4 Å². The number of amides is 1. The molecule has 1 aromatic rings. The molecule has 1 aliphatic rings. The fourth-order valence-electron chi connectivity index (χ4n) is 2.63. The second-order valence-corrected chi connectivity index (χ2v) is 7.60. The Labute approximate surface area is 143 Å². The van der Waals surface area contributed by atoms with Crippen LogP contribution in [0, 0.1) is 0 Å². The molecule has 7 nitrogen and oxygen atoms in total. The molecule has 0 radical (unpaired) electrons. The molecule has 2 rings (SSSR count). The summed E-state index contributed by atoms with van der Waals surface area (Å²) in [6, 6.07) is 6.86. The minimum absolute atomic E-state index is 0.332. The maximum absolute atomic E-state index is 12.2. The summed E-state index contributed by atoms with van der Waals surface area (Å²) in [5, 5.41) is 8.47. The standard InChI is InChI=1S/C16H19NO6S/c1-9(18)17-13(24-16(3,4)14(17)23-15(20)21)11-7-5-6-8-12(11)22-10(2)19/h5-8,13-14H,1-4H3,(H,20,21)/t13-,14-/m0/s1. The van der Waals surface area contributed by atoms with Gasteiger partial charge < -0.3 is 14.6 Å². The van der Waals surface area contributed by atoms with E-state index in [2.05, 4.69) is 0 Å². The highest BCUT2D eigenvalue weighted by Crippen LogP contribution is 2.54. The van der Waals surface area contributed by atoms with Gasteiger partial charge in [0.15, 0.2) is 6.23 Å². The highest BCUT2D eigenvalue weighted by molar-refractivity contribution is 8.01. The molecule has 130 valence electrons. The number of thioether (sulfide) groups is 1. The number of nitrogens with zero attached hydrogens (tertiary/aromatic N) is 1. The van der Waals surface area contributed by atoms with Crippen LogP contribution in [0.15, 0.2) is 24.3 Å². The molecule has 0 aliphatic carbocycles. The number of carbonyl (C=O) groups is 3. The molecule has 1 fully saturated rings. The van der Waals surface area contributed by atoms with Gasteiger partial charge in [-0.1, -0.05) is 18.2 Å². The molecule has 0 bridgehead atoms. The molecule has 1 aliphatic heterocycles. The summed E-state index contributed by atoms with van der Waals surface area (Å²) in [6.45, 7) is 6.24. The van der Waals surface area contributed by atoms with Crippen LogP contribution in [0.2, 0.25) is 0 Å². The molecule has 1 amide bonds. The van der Waals surface area contributed by atoms with Crippen molar-refractivity contribution in [2.24, 2.45) is 0 Å². The maximum atomic E-state index is 12.2. The molecule has 0 aromatic heterocycles. The Balaban J connectivity index is 2.48. The van der Waals surface area contributed by atoms with Crippen molar-refractivity contribution in [1.82, 2.24) is 4.90 Å². The SMILES string of the molecule is CC(=O)Oc1ccccc1[C@@H]1SC(C)(C)[C@H](OC(=O)O)N1C(C)=O. The van der Waals surface area contributed by atoms with Gasteiger partial charge in [0.05, 0.1) is 4.75 Å². The first-order chi connectivity index (χ1) is 11.1. The highest BCUT2D eigenvalue weighted by atomic mass is 32.2. The van der Waals surface area contributed by atoms with Gasteiger partial charge in [0.1, 0.15) is 11.1 Å². The summed E-state index contributed by atoms with van der Waals surface area (Å²) in [4.78, 5) is 35.9. The van der Waals surface area contributed by atoms with Crippen LogP contribution >= 0.6 is 11.8 Å². The third-order valence-corrected chi connectivity index (χ3v) is 5.04. The van der Waals surface area contributed by atoms with E-state index >= 15 is 0 Å². The first-order valence-corrected chi connectivity index (χ1v) is 8.15. The average molecular weight is 353 g/mol. The van der Waals surface area contributed by atoms with Crippen molar-refractivity contribution in [1.29, 1.82) is 0 Å². The minimum atomic E-state index is -1.45. The first kappa shape index (κ1) is 18.1. The van der Waals surface area contributed by atoms with Gasteiger partial charge in [-0.3, -0.25) is 14.5 Å². The van der Waals surface area contributed by atoms with E-state index in [1.54, 1.807) is 38.1 Å². The lowest BCUT2D eigenvalue weighted by Crippen LogP contribution is -2.46. The molecule has 1 N–H and O–H groups in total. The number of hydrogen-bond acceptors (Lipinski definition) is 6. The lowest BCUT2D eigenvalue weighted by atomic mass is 10.1. The molecule has 1 saturated heterocycles. The van der Waals surface area contributed by atoms with E-state index in [0.717, 1.165) is 0 Å². The van der Waals surface area contributed by atoms with Gasteiger partial charge >= 0.3 is 12.1 Å². The van der Waals surface area contributed by atoms with Crippen LogP contribution in [-0.2, 0) is 14.3 Å². The number of esters is 1. The van der Waals surface area contributed by atoms with Crippen LogP contribution < -0.4 is 4.74 Å². The van der Waals surface area contributed by atoms with E-state index < -0.39 is 28.5 Å². The molecular formula is C16H19NO6S. The molecule has 0 spiro atoms. The molecule has 2 atom stereocenters. The second kappa shape index (κ2) is 6.72. The van der Waals surface area contributed by atoms with Gasteiger partial charge in [-0.2, -0.15) is 0 Å². The number of ether oxygens (including phenoxy) is 2. The average Bonchev–Trinajstić information content (AvgIpc) is 2.70. The number of carboxylic acid groups (broad SMARTS) is 1. The van der Waals surface area contributed by atoms with Crippen molar-refractivity contribution in [2.75, 3.05) is 0 Å². The van der Waals surface area contributed by atoms with Crippen LogP contribution in [0.3, 0.4) is 0 Å². The summed E-state index contributed by atoms with van der Waals surface area (Å²) in [6.07, 6.45) is -2.40. The summed E-state index contributed by atoms with van der Waals surface area (Å²) >= 11 is 1.37. The summed E-state index contributed by atoms with van der Waals surface area (Å²) < 4.78 is 9.52. The lowest BCUT2D eigenvalue weighted by Gasteiger charge is -2.30. The number of para-hydroxylation sites is 1. The smallest absolute Gasteiger partial charge is 0.450 e. The van der Waals surface area contributed by atoms with Crippen molar-refractivity contribution in [3.63, 3.8) is 0 Å². The Kier molecular flexibility index (Phi) is 5.08. The van der Waals surface area contributed by atoms with E-state index in [0.29, 0.717) is 11.3 Å². The molecule has 0 unspecified atom stereocenters. The molecular weight excluding hydrogens is 334 g/mol. The van der Waals surface area contributed by atoms with E-state index in [1.807, 2.05) is 0 Å². The van der Waals surface area contributed by atoms with E-state index in [4.69, 9.17) is 14.6 Å². The van der Waals surface area contributed by atoms with Crippen molar-refractivity contribution < 1.29 is 29.0 Å². The molecule has 24 heavy (non-hydrogen) atoms. The van der Waals surface area contributed by atoms with Gasteiger partial charge in [0.25, 0.3) is 0 Å². The van der Waals surface area contributed by atoms with Crippen molar-refractivity contribution >= 4 is 29.8 Å². The van der Waals surface area contributed by atoms with Crippen LogP contribution in [-0.4, -0.2) is 39.0 Å². The molecule has 1 aromatic carbocycles. The van der Waals surface area contributed by atoms with Crippen molar-refractivity contribution in [3.05, 3.63) is 29.8 Å². The zero-order chi connectivity index (χ0) is 18.1. The summed E-state index contributed by atoms with van der Waals surface area (Å²) in [7, 11) is 0. The Bertz CT molecular complexity index is 674. The van der Waals surface area contributed by atoms with Crippen LogP contribution in [0.5, 0.6) is 5.75 Å². The van der Waals surface area contributed by atoms with Crippen molar-refractivity contribution in [2.45, 2.75) is 44.0 Å². The van der Waals surface area contributed by atoms with E-state index in [1.165, 1.54) is 30.5 Å². The van der Waals surface area contributed by atoms with Gasteiger partial charge in [0, 0.05) is 19.4 Å². The molecule has 0 saturated carbocycles. The maximum Gasteiger partial charge on any atom is 0.507 e. The van der Waals surface area contributed by atoms with E-state index in [-0.39, 0.29) is 5.91 Å². The predicted octanol–water partition coefficient (Wildman–Crippen LogP) is 3.01.